The minimum Gasteiger partial charge on any atom is -0.398 e. The van der Waals surface area contributed by atoms with Crippen LogP contribution in [0.2, 0.25) is 0 Å². The van der Waals surface area contributed by atoms with Gasteiger partial charge < -0.3 is 5.73 Å². The van der Waals surface area contributed by atoms with Crippen molar-refractivity contribution >= 4 is 44.0 Å². The van der Waals surface area contributed by atoms with E-state index in [1.165, 1.54) is 11.3 Å². The maximum absolute atomic E-state index is 12.2. The number of anilines is 2. The number of hydrogen-bond acceptors (Lipinski definition) is 4. The topological polar surface area (TPSA) is 68.0 Å². The zero-order chi connectivity index (χ0) is 13.4. The van der Waals surface area contributed by atoms with Crippen LogP contribution in [0.5, 0.6) is 0 Å². The molecule has 19 heavy (non-hydrogen) atoms. The van der Waals surface area contributed by atoms with E-state index in [1.807, 2.05) is 6.07 Å². The number of hydrogen-bond donors (Lipinski definition) is 2. The first kappa shape index (κ1) is 12.6. The molecule has 0 aliphatic heterocycles. The highest BCUT2D eigenvalue weighted by Crippen LogP contribution is 2.31. The van der Waals surface area contributed by atoms with E-state index < -0.39 is 0 Å². The zero-order valence-electron chi connectivity index (χ0n) is 10.1. The molecule has 0 fully saturated rings. The third kappa shape index (κ3) is 2.50. The summed E-state index contributed by atoms with van der Waals surface area (Å²) in [7, 11) is 0. The second-order valence-corrected chi connectivity index (χ2v) is 6.43. The summed E-state index contributed by atoms with van der Waals surface area (Å²) in [5.41, 5.74) is 7.87. The van der Waals surface area contributed by atoms with Crippen LogP contribution in [0.4, 0.5) is 10.8 Å². The Morgan fingerprint density at radius 3 is 3.05 bits per heavy atom. The van der Waals surface area contributed by atoms with Gasteiger partial charge >= 0.3 is 0 Å². The lowest BCUT2D eigenvalue weighted by atomic mass is 10.2. The van der Waals surface area contributed by atoms with Crippen molar-refractivity contribution in [2.45, 2.75) is 19.3 Å². The Bertz CT molecular complexity index is 632. The van der Waals surface area contributed by atoms with Crippen molar-refractivity contribution in [1.82, 2.24) is 4.98 Å². The predicted octanol–water partition coefficient (Wildman–Crippen LogP) is 3.23. The lowest BCUT2D eigenvalue weighted by Gasteiger charge is -2.05. The van der Waals surface area contributed by atoms with Gasteiger partial charge in [0.2, 0.25) is 0 Å². The number of aromatic nitrogens is 1. The Balaban J connectivity index is 1.82. The third-order valence-electron chi connectivity index (χ3n) is 3.08. The fourth-order valence-corrected chi connectivity index (χ4v) is 3.54. The van der Waals surface area contributed by atoms with E-state index in [9.17, 15) is 4.79 Å². The van der Waals surface area contributed by atoms with E-state index in [4.69, 9.17) is 5.73 Å². The third-order valence-corrected chi connectivity index (χ3v) is 4.64. The number of halogens is 1. The molecular formula is C13H12BrN3OS. The molecule has 3 N–H and O–H groups in total. The molecule has 1 heterocycles. The number of aryl methyl sites for hydroxylation is 2. The summed E-state index contributed by atoms with van der Waals surface area (Å²) >= 11 is 4.90. The molecule has 1 aliphatic rings. The standard InChI is InChI=1S/C13H12BrN3OS/c14-7-4-5-9(15)8(6-7)12(18)17-13-16-10-2-1-3-11(10)19-13/h4-6H,1-3,15H2,(H,16,17,18). The van der Waals surface area contributed by atoms with E-state index in [-0.39, 0.29) is 5.91 Å². The Morgan fingerprint density at radius 2 is 2.26 bits per heavy atom. The number of fused-ring (bicyclic) bond motifs is 1. The number of nitrogens with two attached hydrogens (primary N) is 1. The van der Waals surface area contributed by atoms with Crippen LogP contribution in [-0.2, 0) is 12.8 Å². The van der Waals surface area contributed by atoms with Gasteiger partial charge in [0, 0.05) is 15.0 Å². The number of amides is 1. The highest BCUT2D eigenvalue weighted by molar-refractivity contribution is 9.10. The fourth-order valence-electron chi connectivity index (χ4n) is 2.13. The van der Waals surface area contributed by atoms with Gasteiger partial charge in [0.25, 0.3) is 5.91 Å². The molecule has 0 spiro atoms. The van der Waals surface area contributed by atoms with Gasteiger partial charge in [0.1, 0.15) is 0 Å². The largest absolute Gasteiger partial charge is 0.398 e. The predicted molar refractivity (Wildman–Crippen MR) is 80.6 cm³/mol. The van der Waals surface area contributed by atoms with Crippen molar-refractivity contribution in [3.05, 3.63) is 38.8 Å². The summed E-state index contributed by atoms with van der Waals surface area (Å²) in [5, 5.41) is 3.48. The summed E-state index contributed by atoms with van der Waals surface area (Å²) in [6.45, 7) is 0. The lowest BCUT2D eigenvalue weighted by Crippen LogP contribution is -2.14. The molecule has 2 aromatic rings. The molecule has 6 heteroatoms. The maximum atomic E-state index is 12.2. The summed E-state index contributed by atoms with van der Waals surface area (Å²) in [6, 6.07) is 5.23. The minimum atomic E-state index is -0.216. The van der Waals surface area contributed by atoms with Gasteiger partial charge in [0.05, 0.1) is 11.3 Å². The lowest BCUT2D eigenvalue weighted by molar-refractivity contribution is 0.102. The van der Waals surface area contributed by atoms with Crippen LogP contribution in [0.15, 0.2) is 22.7 Å². The number of rotatable bonds is 2. The van der Waals surface area contributed by atoms with Crippen LogP contribution in [0, 0.1) is 0 Å². The molecule has 4 nitrogen and oxygen atoms in total. The molecule has 0 atom stereocenters. The van der Waals surface area contributed by atoms with Gasteiger partial charge in [-0.2, -0.15) is 0 Å². The molecule has 98 valence electrons. The van der Waals surface area contributed by atoms with Crippen LogP contribution in [0.25, 0.3) is 0 Å². The van der Waals surface area contributed by atoms with E-state index in [0.717, 1.165) is 23.0 Å². The molecule has 1 aromatic heterocycles. The highest BCUT2D eigenvalue weighted by atomic mass is 79.9. The SMILES string of the molecule is Nc1ccc(Br)cc1C(=O)Nc1nc2c(s1)CCC2. The first-order valence-electron chi connectivity index (χ1n) is 5.98. The number of nitrogens with one attached hydrogen (secondary N) is 1. The monoisotopic (exact) mass is 337 g/mol. The van der Waals surface area contributed by atoms with Gasteiger partial charge in [-0.25, -0.2) is 4.98 Å². The normalized spacial score (nSPS) is 13.3. The number of benzene rings is 1. The molecule has 0 saturated carbocycles. The summed E-state index contributed by atoms with van der Waals surface area (Å²) < 4.78 is 0.827. The average Bonchev–Trinajstić information content (AvgIpc) is 2.92. The van der Waals surface area contributed by atoms with Gasteiger partial charge in [-0.05, 0) is 37.5 Å². The second kappa shape index (κ2) is 4.94. The number of nitrogens with zero attached hydrogens (tertiary/aromatic N) is 1. The molecule has 3 rings (SSSR count). The Hall–Kier alpha value is -1.40. The van der Waals surface area contributed by atoms with Crippen LogP contribution in [-0.4, -0.2) is 10.9 Å². The van der Waals surface area contributed by atoms with Gasteiger partial charge in [-0.1, -0.05) is 15.9 Å². The Labute approximate surface area is 123 Å². The molecule has 0 unspecified atom stereocenters. The quantitative estimate of drug-likeness (QED) is 0.826. The van der Waals surface area contributed by atoms with Crippen molar-refractivity contribution < 1.29 is 4.79 Å². The molecule has 1 aliphatic carbocycles. The summed E-state index contributed by atoms with van der Waals surface area (Å²) in [4.78, 5) is 17.9. The molecule has 0 radical (unpaired) electrons. The Kier molecular flexibility index (Phi) is 3.28. The molecule has 1 aromatic carbocycles. The first-order valence-corrected chi connectivity index (χ1v) is 7.59. The van der Waals surface area contributed by atoms with Crippen LogP contribution >= 0.6 is 27.3 Å². The number of carbonyl (C=O) groups is 1. The van der Waals surface area contributed by atoms with Crippen molar-refractivity contribution in [3.8, 4) is 0 Å². The molecule has 0 bridgehead atoms. The van der Waals surface area contributed by atoms with Gasteiger partial charge in [0.15, 0.2) is 5.13 Å². The fraction of sp³-hybridized carbons (Fsp3) is 0.231. The van der Waals surface area contributed by atoms with Crippen LogP contribution in [0.1, 0.15) is 27.3 Å². The van der Waals surface area contributed by atoms with Crippen molar-refractivity contribution in [3.63, 3.8) is 0 Å². The van der Waals surface area contributed by atoms with Crippen molar-refractivity contribution in [2.75, 3.05) is 11.1 Å². The van der Waals surface area contributed by atoms with E-state index in [1.54, 1.807) is 23.5 Å². The molecule has 1 amide bonds. The number of carbonyl (C=O) groups excluding carboxylic acids is 1. The van der Waals surface area contributed by atoms with Crippen LogP contribution < -0.4 is 11.1 Å². The van der Waals surface area contributed by atoms with Crippen molar-refractivity contribution in [2.24, 2.45) is 0 Å². The molecule has 0 saturated heterocycles. The highest BCUT2D eigenvalue weighted by Gasteiger charge is 2.18. The van der Waals surface area contributed by atoms with Crippen LogP contribution in [0.3, 0.4) is 0 Å². The van der Waals surface area contributed by atoms with E-state index in [2.05, 4.69) is 26.2 Å². The first-order chi connectivity index (χ1) is 9.13. The van der Waals surface area contributed by atoms with Crippen molar-refractivity contribution in [1.29, 1.82) is 0 Å². The number of thiazole rings is 1. The smallest absolute Gasteiger partial charge is 0.259 e. The second-order valence-electron chi connectivity index (χ2n) is 4.43. The number of nitrogen functional groups attached to an aromatic ring is 1. The Morgan fingerprint density at radius 1 is 1.42 bits per heavy atom. The maximum Gasteiger partial charge on any atom is 0.259 e. The average molecular weight is 338 g/mol. The molecular weight excluding hydrogens is 326 g/mol. The summed E-state index contributed by atoms with van der Waals surface area (Å²) in [6.07, 6.45) is 3.25. The van der Waals surface area contributed by atoms with Gasteiger partial charge in [-0.15, -0.1) is 11.3 Å². The summed E-state index contributed by atoms with van der Waals surface area (Å²) in [5.74, 6) is -0.216. The van der Waals surface area contributed by atoms with E-state index >= 15 is 0 Å². The van der Waals surface area contributed by atoms with Gasteiger partial charge in [-0.3, -0.25) is 10.1 Å². The zero-order valence-corrected chi connectivity index (χ0v) is 12.5. The van der Waals surface area contributed by atoms with E-state index in [0.29, 0.717) is 16.4 Å². The minimum absolute atomic E-state index is 0.216.